The summed E-state index contributed by atoms with van der Waals surface area (Å²) in [7, 11) is 0. The van der Waals surface area contributed by atoms with Crippen molar-refractivity contribution in [2.24, 2.45) is 0 Å². The fourth-order valence-corrected chi connectivity index (χ4v) is 4.08. The molecule has 1 fully saturated rings. The van der Waals surface area contributed by atoms with Crippen molar-refractivity contribution in [3.8, 4) is 0 Å². The van der Waals surface area contributed by atoms with Crippen LogP contribution in [0.3, 0.4) is 0 Å². The third kappa shape index (κ3) is 3.96. The zero-order valence-corrected chi connectivity index (χ0v) is 14.5. The second-order valence-electron chi connectivity index (χ2n) is 4.78. The first-order chi connectivity index (χ1) is 9.11. The van der Waals surface area contributed by atoms with Crippen molar-refractivity contribution in [3.05, 3.63) is 32.7 Å². The van der Waals surface area contributed by atoms with Gasteiger partial charge in [-0.2, -0.15) is 0 Å². The summed E-state index contributed by atoms with van der Waals surface area (Å²) in [5, 5.41) is 0. The highest BCUT2D eigenvalue weighted by Crippen LogP contribution is 2.27. The number of hydrogen-bond donors (Lipinski definition) is 0. The largest absolute Gasteiger partial charge is 0.334 e. The molecule has 0 radical (unpaired) electrons. The van der Waals surface area contributed by atoms with Gasteiger partial charge in [-0.15, -0.1) is 11.6 Å². The Hall–Kier alpha value is -0.0600. The predicted molar refractivity (Wildman–Crippen MR) is 85.9 cm³/mol. The number of carbonyl (C=O) groups is 1. The van der Waals surface area contributed by atoms with Gasteiger partial charge in [0.15, 0.2) is 0 Å². The van der Waals surface area contributed by atoms with Crippen LogP contribution in [0, 0.1) is 0 Å². The van der Waals surface area contributed by atoms with Crippen LogP contribution >= 0.6 is 43.5 Å². The van der Waals surface area contributed by atoms with Gasteiger partial charge in [0.25, 0.3) is 5.91 Å². The summed E-state index contributed by atoms with van der Waals surface area (Å²) in [6, 6.07) is 6.01. The molecule has 1 aliphatic carbocycles. The Labute approximate surface area is 135 Å². The minimum atomic E-state index is 0.0783. The molecule has 0 atom stereocenters. The lowest BCUT2D eigenvalue weighted by atomic mass is 10.1. The number of carbonyl (C=O) groups excluding carboxylic acids is 1. The van der Waals surface area contributed by atoms with E-state index in [9.17, 15) is 4.79 Å². The summed E-state index contributed by atoms with van der Waals surface area (Å²) in [5.74, 6) is 0.562. The molecule has 2 rings (SSSR count). The second kappa shape index (κ2) is 7.09. The van der Waals surface area contributed by atoms with E-state index in [1.807, 2.05) is 23.1 Å². The predicted octanol–water partition coefficient (Wildman–Crippen LogP) is 4.84. The summed E-state index contributed by atoms with van der Waals surface area (Å²) in [4.78, 5) is 14.6. The van der Waals surface area contributed by atoms with Crippen LogP contribution in [0.4, 0.5) is 0 Å². The van der Waals surface area contributed by atoms with E-state index >= 15 is 0 Å². The van der Waals surface area contributed by atoms with Crippen molar-refractivity contribution in [1.82, 2.24) is 4.90 Å². The van der Waals surface area contributed by atoms with Gasteiger partial charge in [0.1, 0.15) is 0 Å². The monoisotopic (exact) mass is 407 g/mol. The first-order valence-electron chi connectivity index (χ1n) is 6.45. The second-order valence-corrected chi connectivity index (χ2v) is 6.99. The zero-order chi connectivity index (χ0) is 13.8. The topological polar surface area (TPSA) is 20.3 Å². The first kappa shape index (κ1) is 15.3. The normalized spacial score (nSPS) is 15.7. The molecule has 19 heavy (non-hydrogen) atoms. The molecule has 1 aromatic rings. The highest BCUT2D eigenvalue weighted by molar-refractivity contribution is 9.11. The van der Waals surface area contributed by atoms with E-state index in [2.05, 4.69) is 31.9 Å². The average Bonchev–Trinajstić information content (AvgIpc) is 2.87. The third-order valence-corrected chi connectivity index (χ3v) is 4.55. The average molecular weight is 410 g/mol. The molecule has 1 saturated carbocycles. The summed E-state index contributed by atoms with van der Waals surface area (Å²) >= 11 is 12.7. The van der Waals surface area contributed by atoms with E-state index in [-0.39, 0.29) is 5.91 Å². The van der Waals surface area contributed by atoms with Crippen molar-refractivity contribution in [1.29, 1.82) is 0 Å². The van der Waals surface area contributed by atoms with E-state index in [4.69, 9.17) is 11.6 Å². The van der Waals surface area contributed by atoms with Gasteiger partial charge in [-0.3, -0.25) is 4.79 Å². The van der Waals surface area contributed by atoms with Crippen LogP contribution < -0.4 is 0 Å². The quantitative estimate of drug-likeness (QED) is 0.652. The van der Waals surface area contributed by atoms with Crippen LogP contribution in [0.5, 0.6) is 0 Å². The van der Waals surface area contributed by atoms with E-state index < -0.39 is 0 Å². The molecule has 0 unspecified atom stereocenters. The lowest BCUT2D eigenvalue weighted by molar-refractivity contribution is 0.0695. The highest BCUT2D eigenvalue weighted by Gasteiger charge is 2.27. The minimum Gasteiger partial charge on any atom is -0.334 e. The molecule has 1 aromatic carbocycles. The molecule has 0 aliphatic heterocycles. The number of halogens is 3. The van der Waals surface area contributed by atoms with Crippen molar-refractivity contribution >= 4 is 49.4 Å². The van der Waals surface area contributed by atoms with Crippen LogP contribution in [0.25, 0.3) is 0 Å². The van der Waals surface area contributed by atoms with Crippen LogP contribution in [0.2, 0.25) is 0 Å². The molecule has 0 saturated heterocycles. The van der Waals surface area contributed by atoms with E-state index in [0.717, 1.165) is 21.8 Å². The lowest BCUT2D eigenvalue weighted by Gasteiger charge is -2.28. The number of benzene rings is 1. The van der Waals surface area contributed by atoms with Crippen LogP contribution in [0.15, 0.2) is 27.1 Å². The molecule has 0 spiro atoms. The van der Waals surface area contributed by atoms with E-state index in [1.54, 1.807) is 0 Å². The summed E-state index contributed by atoms with van der Waals surface area (Å²) in [5.41, 5.74) is 0.707. The van der Waals surface area contributed by atoms with Gasteiger partial charge < -0.3 is 4.90 Å². The molecule has 2 nitrogen and oxygen atoms in total. The summed E-state index contributed by atoms with van der Waals surface area (Å²) in [6.45, 7) is 0.620. The Morgan fingerprint density at radius 2 is 1.79 bits per heavy atom. The lowest BCUT2D eigenvalue weighted by Crippen LogP contribution is -2.40. The van der Waals surface area contributed by atoms with Crippen LogP contribution in [0.1, 0.15) is 36.0 Å². The third-order valence-electron chi connectivity index (χ3n) is 3.46. The minimum absolute atomic E-state index is 0.0783. The molecule has 0 bridgehead atoms. The van der Waals surface area contributed by atoms with Gasteiger partial charge in [0.05, 0.1) is 0 Å². The Bertz CT molecular complexity index is 441. The summed E-state index contributed by atoms with van der Waals surface area (Å²) < 4.78 is 1.81. The van der Waals surface area contributed by atoms with Gasteiger partial charge in [0, 0.05) is 33.0 Å². The fourth-order valence-electron chi connectivity index (χ4n) is 2.60. The van der Waals surface area contributed by atoms with Gasteiger partial charge in [0.2, 0.25) is 0 Å². The molecule has 1 aliphatic rings. The van der Waals surface area contributed by atoms with Crippen molar-refractivity contribution < 1.29 is 4.79 Å². The SMILES string of the molecule is O=C(c1cc(Br)cc(Br)c1)N(CCCl)C1CCCC1. The molecule has 0 N–H and O–H groups in total. The Kier molecular flexibility index (Phi) is 5.72. The smallest absolute Gasteiger partial charge is 0.254 e. The first-order valence-corrected chi connectivity index (χ1v) is 8.57. The van der Waals surface area contributed by atoms with Crippen LogP contribution in [-0.4, -0.2) is 29.3 Å². The number of nitrogens with zero attached hydrogens (tertiary/aromatic N) is 1. The molecule has 0 aromatic heterocycles. The zero-order valence-electron chi connectivity index (χ0n) is 10.5. The molecule has 104 valence electrons. The summed E-state index contributed by atoms with van der Waals surface area (Å²) in [6.07, 6.45) is 4.60. The number of alkyl halides is 1. The maximum atomic E-state index is 12.7. The Morgan fingerprint density at radius 1 is 1.21 bits per heavy atom. The number of hydrogen-bond acceptors (Lipinski definition) is 1. The molecular formula is C14H16Br2ClNO. The standard InChI is InChI=1S/C14H16Br2ClNO/c15-11-7-10(8-12(16)9-11)14(19)18(6-5-17)13-3-1-2-4-13/h7-9,13H,1-6H2. The molecule has 0 heterocycles. The fraction of sp³-hybridized carbons (Fsp3) is 0.500. The molecular weight excluding hydrogens is 393 g/mol. The molecule has 1 amide bonds. The number of rotatable bonds is 4. The van der Waals surface area contributed by atoms with Gasteiger partial charge >= 0.3 is 0 Å². The van der Waals surface area contributed by atoms with E-state index in [1.165, 1.54) is 12.8 Å². The van der Waals surface area contributed by atoms with Crippen molar-refractivity contribution in [2.45, 2.75) is 31.7 Å². The van der Waals surface area contributed by atoms with Crippen molar-refractivity contribution in [2.75, 3.05) is 12.4 Å². The van der Waals surface area contributed by atoms with Crippen LogP contribution in [-0.2, 0) is 0 Å². The maximum absolute atomic E-state index is 12.7. The van der Waals surface area contributed by atoms with E-state index in [0.29, 0.717) is 24.0 Å². The van der Waals surface area contributed by atoms with Gasteiger partial charge in [-0.25, -0.2) is 0 Å². The Morgan fingerprint density at radius 3 is 2.32 bits per heavy atom. The highest BCUT2D eigenvalue weighted by atomic mass is 79.9. The maximum Gasteiger partial charge on any atom is 0.254 e. The molecule has 5 heteroatoms. The Balaban J connectivity index is 2.22. The van der Waals surface area contributed by atoms with Crippen molar-refractivity contribution in [3.63, 3.8) is 0 Å². The van der Waals surface area contributed by atoms with Gasteiger partial charge in [-0.1, -0.05) is 44.7 Å². The number of amides is 1. The van der Waals surface area contributed by atoms with Gasteiger partial charge in [-0.05, 0) is 31.0 Å².